The van der Waals surface area contributed by atoms with Gasteiger partial charge in [-0.2, -0.15) is 0 Å². The molecule has 1 aromatic carbocycles. The summed E-state index contributed by atoms with van der Waals surface area (Å²) >= 11 is 0. The van der Waals surface area contributed by atoms with Crippen molar-refractivity contribution < 1.29 is 22.7 Å². The fraction of sp³-hybridized carbons (Fsp3) is 0.588. The number of carbonyl (C=O) groups excluding carboxylic acids is 1. The Morgan fingerprint density at radius 2 is 1.75 bits per heavy atom. The smallest absolute Gasteiger partial charge is 0.406 e. The maximum atomic E-state index is 12.4. The lowest BCUT2D eigenvalue weighted by Crippen LogP contribution is -2.48. The van der Waals surface area contributed by atoms with Crippen molar-refractivity contribution in [3.63, 3.8) is 0 Å². The molecule has 1 N–H and O–H groups in total. The number of likely N-dealkylation sites (tertiary alicyclic amines) is 1. The molecule has 0 spiro atoms. The van der Waals surface area contributed by atoms with Crippen LogP contribution in [0.3, 0.4) is 0 Å². The molecule has 0 unspecified atom stereocenters. The van der Waals surface area contributed by atoms with Crippen LogP contribution in [0.5, 0.6) is 5.75 Å². The average molecular weight is 344 g/mol. The van der Waals surface area contributed by atoms with Crippen LogP contribution < -0.4 is 10.1 Å². The molecule has 0 bridgehead atoms. The van der Waals surface area contributed by atoms with E-state index in [1.807, 2.05) is 6.92 Å². The maximum Gasteiger partial charge on any atom is 0.573 e. The van der Waals surface area contributed by atoms with Gasteiger partial charge in [-0.3, -0.25) is 9.69 Å². The van der Waals surface area contributed by atoms with Crippen molar-refractivity contribution in [2.45, 2.75) is 39.6 Å². The Balaban J connectivity index is 1.93. The van der Waals surface area contributed by atoms with Crippen LogP contribution in [0.2, 0.25) is 0 Å². The summed E-state index contributed by atoms with van der Waals surface area (Å²) < 4.78 is 40.2. The molecule has 0 aliphatic carbocycles. The van der Waals surface area contributed by atoms with E-state index in [1.165, 1.54) is 24.3 Å². The molecule has 1 aliphatic heterocycles. The summed E-state index contributed by atoms with van der Waals surface area (Å²) in [5.74, 6) is 0.610. The maximum absolute atomic E-state index is 12.4. The van der Waals surface area contributed by atoms with E-state index in [9.17, 15) is 18.0 Å². The molecule has 1 amide bonds. The van der Waals surface area contributed by atoms with Crippen molar-refractivity contribution in [2.75, 3.05) is 18.4 Å². The van der Waals surface area contributed by atoms with Crippen LogP contribution in [0.25, 0.3) is 0 Å². The van der Waals surface area contributed by atoms with Gasteiger partial charge in [-0.15, -0.1) is 13.2 Å². The molecular formula is C17H23F3N2O2. The van der Waals surface area contributed by atoms with Crippen molar-refractivity contribution in [2.24, 2.45) is 11.8 Å². The molecule has 0 saturated carbocycles. The Hall–Kier alpha value is -1.76. The summed E-state index contributed by atoms with van der Waals surface area (Å²) in [5, 5.41) is 2.74. The minimum atomic E-state index is -4.72. The number of hydrogen-bond donors (Lipinski definition) is 1. The summed E-state index contributed by atoms with van der Waals surface area (Å²) in [6, 6.07) is 4.86. The Labute approximate surface area is 140 Å². The van der Waals surface area contributed by atoms with Crippen LogP contribution in [0.4, 0.5) is 18.9 Å². The lowest BCUT2D eigenvalue weighted by Gasteiger charge is -2.38. The largest absolute Gasteiger partial charge is 0.573 e. The zero-order valence-corrected chi connectivity index (χ0v) is 14.1. The molecular weight excluding hydrogens is 321 g/mol. The number of halogens is 3. The predicted octanol–water partition coefficient (Wildman–Crippen LogP) is 3.89. The third-order valence-corrected chi connectivity index (χ3v) is 4.18. The highest BCUT2D eigenvalue weighted by atomic mass is 19.4. The van der Waals surface area contributed by atoms with Crippen LogP contribution in [-0.4, -0.2) is 36.3 Å². The second-order valence-corrected chi connectivity index (χ2v) is 6.64. The molecule has 0 aromatic heterocycles. The van der Waals surface area contributed by atoms with Crippen molar-refractivity contribution in [3.8, 4) is 5.75 Å². The van der Waals surface area contributed by atoms with Crippen molar-refractivity contribution in [1.29, 1.82) is 0 Å². The Morgan fingerprint density at radius 3 is 2.25 bits per heavy atom. The van der Waals surface area contributed by atoms with Crippen molar-refractivity contribution >= 4 is 11.6 Å². The summed E-state index contributed by atoms with van der Waals surface area (Å²) in [4.78, 5) is 14.5. The van der Waals surface area contributed by atoms with E-state index < -0.39 is 6.36 Å². The topological polar surface area (TPSA) is 41.6 Å². The van der Waals surface area contributed by atoms with Gasteiger partial charge < -0.3 is 10.1 Å². The van der Waals surface area contributed by atoms with Crippen LogP contribution in [0, 0.1) is 11.8 Å². The number of anilines is 1. The van der Waals surface area contributed by atoms with Gasteiger partial charge in [0.15, 0.2) is 0 Å². The van der Waals surface area contributed by atoms with E-state index >= 15 is 0 Å². The van der Waals surface area contributed by atoms with Gasteiger partial charge in [0.2, 0.25) is 5.91 Å². The third kappa shape index (κ3) is 5.40. The zero-order chi connectivity index (χ0) is 17.9. The first-order valence-corrected chi connectivity index (χ1v) is 8.05. The number of ether oxygens (including phenoxy) is 1. The van der Waals surface area contributed by atoms with Crippen molar-refractivity contribution in [3.05, 3.63) is 24.3 Å². The van der Waals surface area contributed by atoms with E-state index in [1.54, 1.807) is 0 Å². The molecule has 1 fully saturated rings. The number of alkyl halides is 3. The number of hydrogen-bond acceptors (Lipinski definition) is 3. The SMILES string of the molecule is C[C@@H]1C[C@@H](C)CN([C@H](C)C(=O)Nc2ccc(OC(F)(F)F)cc2)C1. The lowest BCUT2D eigenvalue weighted by atomic mass is 9.91. The highest BCUT2D eigenvalue weighted by Gasteiger charge is 2.31. The predicted molar refractivity (Wildman–Crippen MR) is 85.7 cm³/mol. The molecule has 0 radical (unpaired) electrons. The molecule has 1 aliphatic rings. The summed E-state index contributed by atoms with van der Waals surface area (Å²) in [7, 11) is 0. The monoisotopic (exact) mass is 344 g/mol. The molecule has 1 saturated heterocycles. The highest BCUT2D eigenvalue weighted by Crippen LogP contribution is 2.25. The number of benzene rings is 1. The van der Waals surface area contributed by atoms with E-state index in [0.29, 0.717) is 17.5 Å². The Morgan fingerprint density at radius 1 is 1.21 bits per heavy atom. The van der Waals surface area contributed by atoms with E-state index in [2.05, 4.69) is 28.8 Å². The average Bonchev–Trinajstić information content (AvgIpc) is 2.46. The number of carbonyl (C=O) groups is 1. The molecule has 1 heterocycles. The first-order chi connectivity index (χ1) is 11.1. The van der Waals surface area contributed by atoms with Crippen LogP contribution in [0.1, 0.15) is 27.2 Å². The lowest BCUT2D eigenvalue weighted by molar-refractivity contribution is -0.274. The quantitative estimate of drug-likeness (QED) is 0.901. The van der Waals surface area contributed by atoms with Crippen LogP contribution >= 0.6 is 0 Å². The second-order valence-electron chi connectivity index (χ2n) is 6.64. The third-order valence-electron chi connectivity index (χ3n) is 4.18. The normalized spacial score (nSPS) is 23.6. The van der Waals surface area contributed by atoms with Gasteiger partial charge in [-0.05, 0) is 49.4 Å². The number of nitrogens with one attached hydrogen (secondary N) is 1. The Bertz CT molecular complexity index is 550. The molecule has 4 nitrogen and oxygen atoms in total. The minimum absolute atomic E-state index is 0.166. The fourth-order valence-electron chi connectivity index (χ4n) is 3.18. The molecule has 24 heavy (non-hydrogen) atoms. The van der Waals surface area contributed by atoms with Crippen molar-refractivity contribution in [1.82, 2.24) is 4.90 Å². The van der Waals surface area contributed by atoms with Gasteiger partial charge >= 0.3 is 6.36 Å². The van der Waals surface area contributed by atoms with E-state index in [4.69, 9.17) is 0 Å². The van der Waals surface area contributed by atoms with Gasteiger partial charge in [0.25, 0.3) is 0 Å². The van der Waals surface area contributed by atoms with Crippen LogP contribution in [0.15, 0.2) is 24.3 Å². The standard InChI is InChI=1S/C17H23F3N2O2/c1-11-8-12(2)10-22(9-11)13(3)16(23)21-14-4-6-15(7-5-14)24-17(18,19)20/h4-7,11-13H,8-10H2,1-3H3,(H,21,23)/t11-,12-,13-/m1/s1. The van der Waals surface area contributed by atoms with Crippen LogP contribution in [-0.2, 0) is 4.79 Å². The molecule has 1 aromatic rings. The fourth-order valence-corrected chi connectivity index (χ4v) is 3.18. The van der Waals surface area contributed by atoms with Gasteiger partial charge in [0.05, 0.1) is 6.04 Å². The van der Waals surface area contributed by atoms with Gasteiger partial charge in [-0.25, -0.2) is 0 Å². The van der Waals surface area contributed by atoms with Gasteiger partial charge in [0.1, 0.15) is 5.75 Å². The molecule has 134 valence electrons. The highest BCUT2D eigenvalue weighted by molar-refractivity contribution is 5.94. The number of nitrogens with zero attached hydrogens (tertiary/aromatic N) is 1. The second kappa shape index (κ2) is 7.42. The van der Waals surface area contributed by atoms with Gasteiger partial charge in [0, 0.05) is 18.8 Å². The first kappa shape index (κ1) is 18.6. The first-order valence-electron chi connectivity index (χ1n) is 8.05. The van der Waals surface area contributed by atoms with Gasteiger partial charge in [-0.1, -0.05) is 13.8 Å². The summed E-state index contributed by atoms with van der Waals surface area (Å²) in [6.45, 7) is 7.94. The molecule has 2 rings (SSSR count). The zero-order valence-electron chi connectivity index (χ0n) is 14.1. The van der Waals surface area contributed by atoms with E-state index in [-0.39, 0.29) is 17.7 Å². The Kier molecular flexibility index (Phi) is 5.74. The number of amides is 1. The number of rotatable bonds is 4. The van der Waals surface area contributed by atoms with E-state index in [0.717, 1.165) is 19.5 Å². The summed E-state index contributed by atoms with van der Waals surface area (Å²) in [6.07, 6.45) is -3.56. The molecule has 3 atom stereocenters. The summed E-state index contributed by atoms with van der Waals surface area (Å²) in [5.41, 5.74) is 0.444. The minimum Gasteiger partial charge on any atom is -0.406 e. The number of piperidine rings is 1. The molecule has 7 heteroatoms.